The summed E-state index contributed by atoms with van der Waals surface area (Å²) < 4.78 is 0. The highest BCUT2D eigenvalue weighted by Gasteiger charge is 2.25. The van der Waals surface area contributed by atoms with E-state index in [-0.39, 0.29) is 11.2 Å². The fourth-order valence-electron chi connectivity index (χ4n) is 1.15. The number of hydrogen-bond donors (Lipinski definition) is 1. The Morgan fingerprint density at radius 3 is 3.18 bits per heavy atom. The lowest BCUT2D eigenvalue weighted by Gasteiger charge is -2.07. The Labute approximate surface area is 71.0 Å². The highest BCUT2D eigenvalue weighted by atomic mass is 32.2. The van der Waals surface area contributed by atoms with Crippen molar-refractivity contribution in [3.63, 3.8) is 0 Å². The molecule has 0 fully saturated rings. The molecule has 0 aliphatic carbocycles. The van der Waals surface area contributed by atoms with Gasteiger partial charge in [-0.25, -0.2) is 0 Å². The summed E-state index contributed by atoms with van der Waals surface area (Å²) in [7, 11) is 5.74. The molecule has 0 amide bonds. The van der Waals surface area contributed by atoms with E-state index in [1.807, 2.05) is 6.07 Å². The highest BCUT2D eigenvalue weighted by molar-refractivity contribution is 8.01. The van der Waals surface area contributed by atoms with Crippen molar-refractivity contribution in [2.45, 2.75) is 16.1 Å². The predicted molar refractivity (Wildman–Crippen MR) is 46.6 cm³/mol. The van der Waals surface area contributed by atoms with Crippen LogP contribution in [0.4, 0.5) is 0 Å². The summed E-state index contributed by atoms with van der Waals surface area (Å²) >= 11 is 1.61. The van der Waals surface area contributed by atoms with Gasteiger partial charge in [-0.2, -0.15) is 0 Å². The zero-order valence-electron chi connectivity index (χ0n) is 5.90. The minimum Gasteiger partial charge on any atom is -0.324 e. The first kappa shape index (κ1) is 7.19. The normalized spacial score (nSPS) is 28.5. The molecule has 0 bridgehead atoms. The molecule has 1 aromatic heterocycles. The smallest absolute Gasteiger partial charge is 0.0877 e. The third-order valence-electron chi connectivity index (χ3n) is 1.79. The number of rotatable bonds is 0. The first-order chi connectivity index (χ1) is 5.29. The summed E-state index contributed by atoms with van der Waals surface area (Å²) in [5.74, 6) is 0. The maximum Gasteiger partial charge on any atom is 0.0877 e. The standard InChI is InChI=1S/C7H7BN2S/c8-7-6(9)4-3-10-2-1-5(4)11-7/h1-3,6-7H,9H2. The Kier molecular flexibility index (Phi) is 1.66. The summed E-state index contributed by atoms with van der Waals surface area (Å²) in [6, 6.07) is 1.90. The Morgan fingerprint density at radius 1 is 1.64 bits per heavy atom. The number of nitrogens with two attached hydrogens (primary N) is 1. The van der Waals surface area contributed by atoms with Crippen LogP contribution in [0.15, 0.2) is 23.4 Å². The second kappa shape index (κ2) is 2.53. The maximum atomic E-state index is 5.80. The summed E-state index contributed by atoms with van der Waals surface area (Å²) in [6.07, 6.45) is 3.55. The summed E-state index contributed by atoms with van der Waals surface area (Å²) in [5, 5.41) is -0.00537. The molecular formula is C7H7BN2S. The Bertz CT molecular complexity index is 279. The number of nitrogens with zero attached hydrogens (tertiary/aromatic N) is 1. The molecule has 2 atom stereocenters. The van der Waals surface area contributed by atoms with E-state index in [1.165, 1.54) is 4.90 Å². The van der Waals surface area contributed by atoms with Crippen molar-refractivity contribution in [3.05, 3.63) is 24.0 Å². The van der Waals surface area contributed by atoms with Gasteiger partial charge in [0.15, 0.2) is 0 Å². The fraction of sp³-hybridized carbons (Fsp3) is 0.286. The molecule has 1 aliphatic rings. The zero-order chi connectivity index (χ0) is 7.84. The van der Waals surface area contributed by atoms with Gasteiger partial charge in [0.05, 0.1) is 7.85 Å². The van der Waals surface area contributed by atoms with Crippen molar-refractivity contribution < 1.29 is 0 Å². The SMILES string of the molecule is [B]C1Sc2ccncc2C1N. The van der Waals surface area contributed by atoms with Crippen LogP contribution in [0.1, 0.15) is 11.6 Å². The van der Waals surface area contributed by atoms with Crippen LogP contribution in [0, 0.1) is 0 Å². The molecule has 2 unspecified atom stereocenters. The fourth-order valence-corrected chi connectivity index (χ4v) is 2.20. The third kappa shape index (κ3) is 1.06. The van der Waals surface area contributed by atoms with Crippen molar-refractivity contribution in [1.82, 2.24) is 4.98 Å². The van der Waals surface area contributed by atoms with E-state index < -0.39 is 0 Å². The van der Waals surface area contributed by atoms with Crippen molar-refractivity contribution in [3.8, 4) is 0 Å². The van der Waals surface area contributed by atoms with Crippen molar-refractivity contribution in [2.75, 3.05) is 0 Å². The monoisotopic (exact) mass is 162 g/mol. The molecule has 2 heterocycles. The molecular weight excluding hydrogens is 155 g/mol. The topological polar surface area (TPSA) is 38.9 Å². The van der Waals surface area contributed by atoms with Gasteiger partial charge in [0.2, 0.25) is 0 Å². The van der Waals surface area contributed by atoms with Gasteiger partial charge in [-0.15, -0.1) is 11.8 Å². The first-order valence-electron chi connectivity index (χ1n) is 3.41. The zero-order valence-corrected chi connectivity index (χ0v) is 6.71. The van der Waals surface area contributed by atoms with Crippen LogP contribution in [-0.2, 0) is 0 Å². The van der Waals surface area contributed by atoms with Gasteiger partial charge in [0.25, 0.3) is 0 Å². The van der Waals surface area contributed by atoms with Gasteiger partial charge in [0.1, 0.15) is 0 Å². The van der Waals surface area contributed by atoms with Crippen LogP contribution in [0.5, 0.6) is 0 Å². The second-order valence-electron chi connectivity index (χ2n) is 2.52. The van der Waals surface area contributed by atoms with Crippen LogP contribution in [0.25, 0.3) is 0 Å². The number of hydrogen-bond acceptors (Lipinski definition) is 3. The molecule has 0 spiro atoms. The van der Waals surface area contributed by atoms with Gasteiger partial charge in [-0.3, -0.25) is 4.98 Å². The van der Waals surface area contributed by atoms with E-state index >= 15 is 0 Å². The lowest BCUT2D eigenvalue weighted by Crippen LogP contribution is -2.18. The molecule has 1 aromatic rings. The van der Waals surface area contributed by atoms with Gasteiger partial charge >= 0.3 is 0 Å². The quantitative estimate of drug-likeness (QED) is 0.570. The van der Waals surface area contributed by atoms with E-state index in [0.717, 1.165) is 5.56 Å². The largest absolute Gasteiger partial charge is 0.324 e. The van der Waals surface area contributed by atoms with Crippen LogP contribution >= 0.6 is 11.8 Å². The van der Waals surface area contributed by atoms with Crippen molar-refractivity contribution in [2.24, 2.45) is 5.73 Å². The number of aromatic nitrogens is 1. The van der Waals surface area contributed by atoms with E-state index in [9.17, 15) is 0 Å². The molecule has 4 heteroatoms. The molecule has 1 aliphatic heterocycles. The van der Waals surface area contributed by atoms with Crippen LogP contribution in [-0.4, -0.2) is 18.0 Å². The lowest BCUT2D eigenvalue weighted by molar-refractivity contribution is 0.792. The van der Waals surface area contributed by atoms with Gasteiger partial charge in [0, 0.05) is 28.9 Å². The number of fused-ring (bicyclic) bond motifs is 1. The minimum atomic E-state index is -0.0521. The maximum absolute atomic E-state index is 5.80. The number of pyridine rings is 1. The molecule has 2 N–H and O–H groups in total. The van der Waals surface area contributed by atoms with Crippen LogP contribution in [0.2, 0.25) is 0 Å². The Morgan fingerprint density at radius 2 is 2.45 bits per heavy atom. The van der Waals surface area contributed by atoms with Gasteiger partial charge in [-0.05, 0) is 11.2 Å². The summed E-state index contributed by atoms with van der Waals surface area (Å²) in [5.41, 5.74) is 6.88. The van der Waals surface area contributed by atoms with Crippen LogP contribution in [0.3, 0.4) is 0 Å². The van der Waals surface area contributed by atoms with Crippen molar-refractivity contribution >= 4 is 19.6 Å². The van der Waals surface area contributed by atoms with E-state index in [0.29, 0.717) is 0 Å². The molecule has 11 heavy (non-hydrogen) atoms. The van der Waals surface area contributed by atoms with E-state index in [4.69, 9.17) is 13.6 Å². The first-order valence-corrected chi connectivity index (χ1v) is 4.29. The predicted octanol–water partition coefficient (Wildman–Crippen LogP) is 0.682. The van der Waals surface area contributed by atoms with Gasteiger partial charge in [-0.1, -0.05) is 0 Å². The highest BCUT2D eigenvalue weighted by Crippen LogP contribution is 2.40. The lowest BCUT2D eigenvalue weighted by atomic mass is 9.93. The molecule has 0 aromatic carbocycles. The van der Waals surface area contributed by atoms with Gasteiger partial charge < -0.3 is 5.73 Å². The molecule has 2 rings (SSSR count). The molecule has 0 saturated carbocycles. The Hall–Kier alpha value is -0.475. The average Bonchev–Trinajstić information content (AvgIpc) is 2.30. The summed E-state index contributed by atoms with van der Waals surface area (Å²) in [4.78, 5) is 5.16. The number of thioether (sulfide) groups is 1. The molecule has 2 radical (unpaired) electrons. The summed E-state index contributed by atoms with van der Waals surface area (Å²) in [6.45, 7) is 0. The Balaban J connectivity index is 2.47. The molecule has 54 valence electrons. The average molecular weight is 162 g/mol. The minimum absolute atomic E-state index is 0.00537. The van der Waals surface area contributed by atoms with E-state index in [1.54, 1.807) is 24.2 Å². The van der Waals surface area contributed by atoms with Crippen molar-refractivity contribution in [1.29, 1.82) is 0 Å². The molecule has 2 nitrogen and oxygen atoms in total. The second-order valence-corrected chi connectivity index (χ2v) is 3.74. The third-order valence-corrected chi connectivity index (χ3v) is 2.98. The van der Waals surface area contributed by atoms with Crippen LogP contribution < -0.4 is 5.73 Å². The van der Waals surface area contributed by atoms with E-state index in [2.05, 4.69) is 4.98 Å². The molecule has 0 saturated heterocycles.